The van der Waals surface area contributed by atoms with Gasteiger partial charge in [0.05, 0.1) is 15.6 Å². The van der Waals surface area contributed by atoms with Crippen LogP contribution in [-0.4, -0.2) is 19.5 Å². The second-order valence-corrected chi connectivity index (χ2v) is 3.22. The lowest BCUT2D eigenvalue weighted by Crippen LogP contribution is -1.92. The van der Waals surface area contributed by atoms with Crippen molar-refractivity contribution >= 4 is 27.3 Å². The fourth-order valence-electron chi connectivity index (χ4n) is 0.982. The van der Waals surface area contributed by atoms with Crippen LogP contribution in [0.5, 0.6) is 0 Å². The zero-order valence-electron chi connectivity index (χ0n) is 6.22. The molecule has 0 aliphatic rings. The van der Waals surface area contributed by atoms with E-state index in [1.54, 1.807) is 0 Å². The fourth-order valence-corrected chi connectivity index (χ4v) is 1.50. The molecule has 6 nitrogen and oxygen atoms in total. The summed E-state index contributed by atoms with van der Waals surface area (Å²) in [6.07, 6.45) is 2.77. The summed E-state index contributed by atoms with van der Waals surface area (Å²) in [6, 6.07) is 1.39. The van der Waals surface area contributed by atoms with E-state index >= 15 is 0 Å². The van der Waals surface area contributed by atoms with Crippen molar-refractivity contribution in [1.29, 1.82) is 0 Å². The highest BCUT2D eigenvalue weighted by atomic mass is 79.9. The van der Waals surface area contributed by atoms with Crippen molar-refractivity contribution in [2.75, 3.05) is 0 Å². The predicted molar refractivity (Wildman–Crippen MR) is 47.3 cm³/mol. The van der Waals surface area contributed by atoms with Gasteiger partial charge >= 0.3 is 0 Å². The Morgan fingerprint density at radius 2 is 2.38 bits per heavy atom. The second-order valence-electron chi connectivity index (χ2n) is 2.37. The number of halogens is 1. The third kappa shape index (κ3) is 1.26. The lowest BCUT2D eigenvalue weighted by molar-refractivity contribution is -0.385. The van der Waals surface area contributed by atoms with E-state index in [1.165, 1.54) is 23.0 Å². The van der Waals surface area contributed by atoms with E-state index in [1.807, 2.05) is 0 Å². The van der Waals surface area contributed by atoms with E-state index in [4.69, 9.17) is 0 Å². The molecule has 0 saturated carbocycles. The monoisotopic (exact) mass is 242 g/mol. The molecule has 0 amide bonds. The molecule has 2 aromatic rings. The molecule has 0 saturated heterocycles. The van der Waals surface area contributed by atoms with Crippen LogP contribution in [0.25, 0.3) is 5.65 Å². The van der Waals surface area contributed by atoms with Crippen LogP contribution in [0, 0.1) is 10.1 Å². The van der Waals surface area contributed by atoms with Gasteiger partial charge in [-0.2, -0.15) is 0 Å². The first-order chi connectivity index (χ1) is 6.18. The Labute approximate surface area is 80.5 Å². The molecular weight excluding hydrogens is 240 g/mol. The Kier molecular flexibility index (Phi) is 1.73. The number of hydrogen-bond donors (Lipinski definition) is 0. The highest BCUT2D eigenvalue weighted by Gasteiger charge is 2.10. The van der Waals surface area contributed by atoms with Gasteiger partial charge in [-0.15, -0.1) is 10.2 Å². The maximum absolute atomic E-state index is 10.4. The maximum Gasteiger partial charge on any atom is 0.287 e. The number of nitro groups is 1. The van der Waals surface area contributed by atoms with Crippen molar-refractivity contribution in [3.63, 3.8) is 0 Å². The SMILES string of the molecule is O=[N+]([O-])c1cc(Br)c2nncn2c1. The zero-order chi connectivity index (χ0) is 9.42. The van der Waals surface area contributed by atoms with Crippen LogP contribution in [0.2, 0.25) is 0 Å². The van der Waals surface area contributed by atoms with Crippen LogP contribution in [0.1, 0.15) is 0 Å². The van der Waals surface area contributed by atoms with E-state index in [2.05, 4.69) is 26.1 Å². The second kappa shape index (κ2) is 2.77. The molecule has 0 spiro atoms. The molecule has 0 aromatic carbocycles. The van der Waals surface area contributed by atoms with E-state index in [0.717, 1.165) is 0 Å². The number of aromatic nitrogens is 3. The molecule has 2 aromatic heterocycles. The van der Waals surface area contributed by atoms with E-state index in [9.17, 15) is 10.1 Å². The first-order valence-corrected chi connectivity index (χ1v) is 4.11. The number of fused-ring (bicyclic) bond motifs is 1. The number of rotatable bonds is 1. The molecule has 0 atom stereocenters. The van der Waals surface area contributed by atoms with Gasteiger partial charge in [0.2, 0.25) is 0 Å². The van der Waals surface area contributed by atoms with E-state index in [-0.39, 0.29) is 5.69 Å². The summed E-state index contributed by atoms with van der Waals surface area (Å²) in [7, 11) is 0. The number of hydrogen-bond acceptors (Lipinski definition) is 4. The zero-order valence-corrected chi connectivity index (χ0v) is 7.80. The Balaban J connectivity index is 2.77. The summed E-state index contributed by atoms with van der Waals surface area (Å²) in [5.74, 6) is 0. The largest absolute Gasteiger partial charge is 0.287 e. The summed E-state index contributed by atoms with van der Waals surface area (Å²) < 4.78 is 2.04. The Morgan fingerprint density at radius 1 is 1.62 bits per heavy atom. The van der Waals surface area contributed by atoms with Crippen molar-refractivity contribution < 1.29 is 4.92 Å². The van der Waals surface area contributed by atoms with Crippen molar-refractivity contribution in [2.24, 2.45) is 0 Å². The number of nitrogens with zero attached hydrogens (tertiary/aromatic N) is 4. The summed E-state index contributed by atoms with van der Waals surface area (Å²) >= 11 is 3.17. The molecule has 0 aliphatic heterocycles. The van der Waals surface area contributed by atoms with Gasteiger partial charge in [-0.25, -0.2) is 0 Å². The molecule has 2 heterocycles. The van der Waals surface area contributed by atoms with Crippen molar-refractivity contribution in [3.05, 3.63) is 33.2 Å². The van der Waals surface area contributed by atoms with Gasteiger partial charge in [-0.1, -0.05) is 0 Å². The maximum atomic E-state index is 10.4. The number of pyridine rings is 1. The van der Waals surface area contributed by atoms with Crippen LogP contribution in [0.15, 0.2) is 23.1 Å². The predicted octanol–water partition coefficient (Wildman–Crippen LogP) is 1.40. The normalized spacial score (nSPS) is 10.5. The summed E-state index contributed by atoms with van der Waals surface area (Å²) in [5, 5.41) is 17.8. The fraction of sp³-hybridized carbons (Fsp3) is 0. The van der Waals surface area contributed by atoms with Gasteiger partial charge in [0.15, 0.2) is 5.65 Å². The van der Waals surface area contributed by atoms with Crippen LogP contribution in [-0.2, 0) is 0 Å². The minimum absolute atomic E-state index is 0.000764. The average molecular weight is 243 g/mol. The van der Waals surface area contributed by atoms with E-state index in [0.29, 0.717) is 10.1 Å². The topological polar surface area (TPSA) is 73.3 Å². The quantitative estimate of drug-likeness (QED) is 0.560. The van der Waals surface area contributed by atoms with Crippen molar-refractivity contribution in [3.8, 4) is 0 Å². The molecule has 0 N–H and O–H groups in total. The third-order valence-corrected chi connectivity index (χ3v) is 2.13. The van der Waals surface area contributed by atoms with Gasteiger partial charge in [0, 0.05) is 6.07 Å². The molecule has 0 bridgehead atoms. The first-order valence-electron chi connectivity index (χ1n) is 3.32. The molecule has 0 aliphatic carbocycles. The van der Waals surface area contributed by atoms with Gasteiger partial charge in [0.1, 0.15) is 6.33 Å². The smallest absolute Gasteiger partial charge is 0.281 e. The molecule has 0 fully saturated rings. The van der Waals surface area contributed by atoms with Gasteiger partial charge in [-0.3, -0.25) is 14.5 Å². The van der Waals surface area contributed by atoms with Crippen LogP contribution >= 0.6 is 15.9 Å². The highest BCUT2D eigenvalue weighted by Crippen LogP contribution is 2.21. The molecule has 7 heteroatoms. The Hall–Kier alpha value is -1.50. The Bertz CT molecular complexity index is 480. The molecule has 2 rings (SSSR count). The molecule has 0 unspecified atom stereocenters. The highest BCUT2D eigenvalue weighted by molar-refractivity contribution is 9.10. The Morgan fingerprint density at radius 3 is 3.08 bits per heavy atom. The van der Waals surface area contributed by atoms with Crippen LogP contribution in [0.3, 0.4) is 0 Å². The van der Waals surface area contributed by atoms with Crippen LogP contribution in [0.4, 0.5) is 5.69 Å². The first kappa shape index (κ1) is 8.11. The van der Waals surface area contributed by atoms with Crippen LogP contribution < -0.4 is 0 Å². The third-order valence-electron chi connectivity index (χ3n) is 1.54. The minimum Gasteiger partial charge on any atom is -0.281 e. The average Bonchev–Trinajstić information content (AvgIpc) is 2.51. The minimum atomic E-state index is -0.468. The van der Waals surface area contributed by atoms with Gasteiger partial charge in [0.25, 0.3) is 5.69 Å². The lowest BCUT2D eigenvalue weighted by Gasteiger charge is -1.95. The summed E-state index contributed by atoms with van der Waals surface area (Å²) in [6.45, 7) is 0. The molecule has 13 heavy (non-hydrogen) atoms. The lowest BCUT2D eigenvalue weighted by atomic mass is 10.4. The summed E-state index contributed by atoms with van der Waals surface area (Å²) in [4.78, 5) is 9.98. The van der Waals surface area contributed by atoms with Gasteiger partial charge in [-0.05, 0) is 15.9 Å². The van der Waals surface area contributed by atoms with Crippen molar-refractivity contribution in [1.82, 2.24) is 14.6 Å². The summed E-state index contributed by atoms with van der Waals surface area (Å²) in [5.41, 5.74) is 0.560. The van der Waals surface area contributed by atoms with Gasteiger partial charge < -0.3 is 0 Å². The van der Waals surface area contributed by atoms with E-state index < -0.39 is 4.92 Å². The molecular formula is C6H3BrN4O2. The van der Waals surface area contributed by atoms with Crippen molar-refractivity contribution in [2.45, 2.75) is 0 Å². The standard InChI is InChI=1S/C6H3BrN4O2/c7-5-1-4(11(12)13)2-10-3-8-9-6(5)10/h1-3H. The molecule has 0 radical (unpaired) electrons. The molecule has 66 valence electrons.